The Morgan fingerprint density at radius 3 is 2.67 bits per heavy atom. The first-order chi connectivity index (χ1) is 12.8. The van der Waals surface area contributed by atoms with Gasteiger partial charge in [0.1, 0.15) is 18.1 Å². The Kier molecular flexibility index (Phi) is 5.08. The zero-order valence-electron chi connectivity index (χ0n) is 15.8. The van der Waals surface area contributed by atoms with Crippen LogP contribution in [0.25, 0.3) is 0 Å². The molecule has 0 aliphatic carbocycles. The van der Waals surface area contributed by atoms with Crippen LogP contribution in [0.1, 0.15) is 35.3 Å². The minimum Gasteiger partial charge on any atom is -0.497 e. The fourth-order valence-corrected chi connectivity index (χ4v) is 3.23. The number of carbonyl (C=O) groups excluding carboxylic acids is 2. The van der Waals surface area contributed by atoms with Gasteiger partial charge in [0.05, 0.1) is 19.1 Å². The zero-order valence-corrected chi connectivity index (χ0v) is 15.8. The Morgan fingerprint density at radius 2 is 1.96 bits per heavy atom. The van der Waals surface area contributed by atoms with Gasteiger partial charge in [-0.05, 0) is 43.7 Å². The smallest absolute Gasteiger partial charge is 0.248 e. The number of nitrogens with two attached hydrogens (primary N) is 1. The highest BCUT2D eigenvalue weighted by Crippen LogP contribution is 2.31. The molecule has 2 aromatic carbocycles. The van der Waals surface area contributed by atoms with E-state index in [0.29, 0.717) is 31.0 Å². The summed E-state index contributed by atoms with van der Waals surface area (Å²) in [5.74, 6) is 0.821. The topological polar surface area (TPSA) is 81.9 Å². The molecule has 0 saturated heterocycles. The van der Waals surface area contributed by atoms with Crippen molar-refractivity contribution in [2.75, 3.05) is 20.3 Å². The number of carbonyl (C=O) groups is 2. The van der Waals surface area contributed by atoms with Gasteiger partial charge in [0.2, 0.25) is 11.8 Å². The van der Waals surface area contributed by atoms with Crippen molar-refractivity contribution in [3.8, 4) is 11.5 Å². The minimum atomic E-state index is -0.716. The molecule has 1 aliphatic rings. The van der Waals surface area contributed by atoms with E-state index < -0.39 is 11.3 Å². The molecular formula is C21H24N2O4. The Morgan fingerprint density at radius 1 is 1.19 bits per heavy atom. The number of ether oxygens (including phenoxy) is 2. The number of benzene rings is 2. The summed E-state index contributed by atoms with van der Waals surface area (Å²) in [4.78, 5) is 26.5. The average molecular weight is 368 g/mol. The van der Waals surface area contributed by atoms with Gasteiger partial charge in [0, 0.05) is 17.7 Å². The minimum absolute atomic E-state index is 0.00572. The number of methoxy groups -OCH3 is 1. The molecule has 1 heterocycles. The molecule has 0 saturated carbocycles. The Balaban J connectivity index is 1.87. The number of hydrogen-bond acceptors (Lipinski definition) is 4. The molecule has 2 aromatic rings. The number of rotatable bonds is 4. The molecule has 6 heteroatoms. The molecule has 0 aromatic heterocycles. The molecule has 0 spiro atoms. The molecule has 1 aliphatic heterocycles. The lowest BCUT2D eigenvalue weighted by atomic mass is 9.83. The highest BCUT2D eigenvalue weighted by molar-refractivity contribution is 5.93. The summed E-state index contributed by atoms with van der Waals surface area (Å²) in [6.45, 7) is 5.06. The van der Waals surface area contributed by atoms with E-state index in [2.05, 4.69) is 0 Å². The summed E-state index contributed by atoms with van der Waals surface area (Å²) in [6.07, 6.45) is 0. The SMILES string of the molecule is COc1cccc(C(C)(C)C(=O)N2CCOc3cc(C(N)=O)ccc3C2)c1. The van der Waals surface area contributed by atoms with Crippen LogP contribution in [0.5, 0.6) is 11.5 Å². The monoisotopic (exact) mass is 368 g/mol. The molecule has 2 amide bonds. The van der Waals surface area contributed by atoms with E-state index in [0.717, 1.165) is 16.9 Å². The highest BCUT2D eigenvalue weighted by Gasteiger charge is 2.35. The van der Waals surface area contributed by atoms with Gasteiger partial charge in [0.25, 0.3) is 0 Å². The van der Waals surface area contributed by atoms with Gasteiger partial charge in [-0.3, -0.25) is 9.59 Å². The average Bonchev–Trinajstić information content (AvgIpc) is 2.88. The van der Waals surface area contributed by atoms with Crippen LogP contribution in [0.4, 0.5) is 0 Å². The Hall–Kier alpha value is -3.02. The van der Waals surface area contributed by atoms with Crippen molar-refractivity contribution in [1.82, 2.24) is 4.90 Å². The maximum atomic E-state index is 13.3. The molecule has 27 heavy (non-hydrogen) atoms. The fourth-order valence-electron chi connectivity index (χ4n) is 3.23. The number of fused-ring (bicyclic) bond motifs is 1. The van der Waals surface area contributed by atoms with Gasteiger partial charge in [-0.2, -0.15) is 0 Å². The van der Waals surface area contributed by atoms with E-state index in [1.54, 1.807) is 30.2 Å². The van der Waals surface area contributed by atoms with Gasteiger partial charge in [-0.1, -0.05) is 18.2 Å². The van der Waals surface area contributed by atoms with Crippen LogP contribution in [-0.2, 0) is 16.8 Å². The van der Waals surface area contributed by atoms with Crippen molar-refractivity contribution in [2.45, 2.75) is 25.8 Å². The van der Waals surface area contributed by atoms with E-state index in [1.165, 1.54) is 0 Å². The number of primary amides is 1. The molecule has 6 nitrogen and oxygen atoms in total. The third-order valence-corrected chi connectivity index (χ3v) is 4.94. The summed E-state index contributed by atoms with van der Waals surface area (Å²) < 4.78 is 11.0. The summed E-state index contributed by atoms with van der Waals surface area (Å²) in [5, 5.41) is 0. The van der Waals surface area contributed by atoms with E-state index >= 15 is 0 Å². The third kappa shape index (κ3) is 3.74. The van der Waals surface area contributed by atoms with Gasteiger partial charge >= 0.3 is 0 Å². The summed E-state index contributed by atoms with van der Waals surface area (Å²) in [7, 11) is 1.61. The second kappa shape index (κ2) is 7.31. The lowest BCUT2D eigenvalue weighted by Gasteiger charge is -2.31. The maximum absolute atomic E-state index is 13.3. The molecule has 2 N–H and O–H groups in total. The Bertz CT molecular complexity index is 876. The highest BCUT2D eigenvalue weighted by atomic mass is 16.5. The van der Waals surface area contributed by atoms with Crippen LogP contribution < -0.4 is 15.2 Å². The van der Waals surface area contributed by atoms with Crippen LogP contribution >= 0.6 is 0 Å². The maximum Gasteiger partial charge on any atom is 0.248 e. The number of amides is 2. The van der Waals surface area contributed by atoms with Crippen molar-refractivity contribution in [1.29, 1.82) is 0 Å². The summed E-state index contributed by atoms with van der Waals surface area (Å²) in [5.41, 5.74) is 6.76. The van der Waals surface area contributed by atoms with Crippen molar-refractivity contribution >= 4 is 11.8 Å². The predicted molar refractivity (Wildman–Crippen MR) is 102 cm³/mol. The number of nitrogens with zero attached hydrogens (tertiary/aromatic N) is 1. The second-order valence-electron chi connectivity index (χ2n) is 7.12. The molecular weight excluding hydrogens is 344 g/mol. The Labute approximate surface area is 158 Å². The second-order valence-corrected chi connectivity index (χ2v) is 7.12. The molecule has 3 rings (SSSR count). The van der Waals surface area contributed by atoms with Crippen molar-refractivity contribution < 1.29 is 19.1 Å². The number of hydrogen-bond donors (Lipinski definition) is 1. The van der Waals surface area contributed by atoms with Crippen LogP contribution in [0, 0.1) is 0 Å². The van der Waals surface area contributed by atoms with Crippen LogP contribution in [0.15, 0.2) is 42.5 Å². The lowest BCUT2D eigenvalue weighted by molar-refractivity contribution is -0.137. The van der Waals surface area contributed by atoms with Gasteiger partial charge < -0.3 is 20.1 Å². The molecule has 142 valence electrons. The third-order valence-electron chi connectivity index (χ3n) is 4.94. The van der Waals surface area contributed by atoms with Gasteiger partial charge in [-0.15, -0.1) is 0 Å². The molecule has 0 atom stereocenters. The quantitative estimate of drug-likeness (QED) is 0.899. The van der Waals surface area contributed by atoms with E-state index in [4.69, 9.17) is 15.2 Å². The van der Waals surface area contributed by atoms with E-state index in [1.807, 2.05) is 38.1 Å². The lowest BCUT2D eigenvalue weighted by Crippen LogP contribution is -2.44. The van der Waals surface area contributed by atoms with Crippen LogP contribution in [0.2, 0.25) is 0 Å². The first-order valence-corrected chi connectivity index (χ1v) is 8.82. The summed E-state index contributed by atoms with van der Waals surface area (Å²) >= 11 is 0. The van der Waals surface area contributed by atoms with E-state index in [9.17, 15) is 9.59 Å². The molecule has 0 bridgehead atoms. The van der Waals surface area contributed by atoms with Crippen LogP contribution in [-0.4, -0.2) is 37.0 Å². The zero-order chi connectivity index (χ0) is 19.6. The van der Waals surface area contributed by atoms with Crippen LogP contribution in [0.3, 0.4) is 0 Å². The normalized spacial score (nSPS) is 14.0. The molecule has 0 radical (unpaired) electrons. The summed E-state index contributed by atoms with van der Waals surface area (Å²) in [6, 6.07) is 12.6. The largest absolute Gasteiger partial charge is 0.497 e. The first kappa shape index (κ1) is 18.8. The van der Waals surface area contributed by atoms with Crippen molar-refractivity contribution in [3.05, 3.63) is 59.2 Å². The van der Waals surface area contributed by atoms with Crippen molar-refractivity contribution in [2.24, 2.45) is 5.73 Å². The fraction of sp³-hybridized carbons (Fsp3) is 0.333. The van der Waals surface area contributed by atoms with E-state index in [-0.39, 0.29) is 5.91 Å². The predicted octanol–water partition coefficient (Wildman–Crippen LogP) is 2.49. The standard InChI is InChI=1S/C21H24N2O4/c1-21(2,16-5-4-6-17(12-16)26-3)20(25)23-9-10-27-18-11-14(19(22)24)7-8-15(18)13-23/h4-8,11-12H,9-10,13H2,1-3H3,(H2,22,24). The van der Waals surface area contributed by atoms with Gasteiger partial charge in [-0.25, -0.2) is 0 Å². The van der Waals surface area contributed by atoms with Gasteiger partial charge in [0.15, 0.2) is 0 Å². The van der Waals surface area contributed by atoms with Crippen molar-refractivity contribution in [3.63, 3.8) is 0 Å². The molecule has 0 fully saturated rings. The molecule has 0 unspecified atom stereocenters. The first-order valence-electron chi connectivity index (χ1n) is 8.82.